The molecule has 0 saturated heterocycles. The van der Waals surface area contributed by atoms with Gasteiger partial charge in [-0.2, -0.15) is 0 Å². The van der Waals surface area contributed by atoms with Crippen LogP contribution in [0.4, 0.5) is 0 Å². The molecule has 0 unspecified atom stereocenters. The second-order valence-electron chi connectivity index (χ2n) is 1.89. The van der Waals surface area contributed by atoms with Crippen molar-refractivity contribution in [3.05, 3.63) is 11.9 Å². The molecule has 0 aromatic rings. The van der Waals surface area contributed by atoms with Gasteiger partial charge in [0.1, 0.15) is 7.05 Å². The number of nitrogens with two attached hydrogens (primary N) is 2. The van der Waals surface area contributed by atoms with Gasteiger partial charge in [0.15, 0.2) is 11.7 Å². The van der Waals surface area contributed by atoms with Gasteiger partial charge in [-0.05, 0) is 0 Å². The standard InChI is InChI=1S/C5H9N4/c1-9-2-4(3-9)8-5(6)7/h2-3H,1H3,(H4,6,7,8)/q+1. The molecule has 0 fully saturated rings. The number of guanidine groups is 1. The highest BCUT2D eigenvalue weighted by atomic mass is 15.1. The van der Waals surface area contributed by atoms with Gasteiger partial charge >= 0.3 is 0 Å². The number of nitrogens with zero attached hydrogens (tertiary/aromatic N) is 2. The third-order valence-corrected chi connectivity index (χ3v) is 0.930. The van der Waals surface area contributed by atoms with E-state index in [1.165, 1.54) is 0 Å². The minimum Gasteiger partial charge on any atom is -0.370 e. The Balaban J connectivity index is 2.53. The van der Waals surface area contributed by atoms with Crippen LogP contribution in [0.1, 0.15) is 0 Å². The van der Waals surface area contributed by atoms with Crippen molar-refractivity contribution in [1.29, 1.82) is 0 Å². The quantitative estimate of drug-likeness (QED) is 0.263. The monoisotopic (exact) mass is 125 g/mol. The van der Waals surface area contributed by atoms with Crippen LogP contribution >= 0.6 is 0 Å². The Kier molecular flexibility index (Phi) is 1.22. The van der Waals surface area contributed by atoms with Crippen molar-refractivity contribution in [2.24, 2.45) is 16.5 Å². The second kappa shape index (κ2) is 1.89. The highest BCUT2D eigenvalue weighted by Crippen LogP contribution is 1.99. The third kappa shape index (κ3) is 1.28. The van der Waals surface area contributed by atoms with Gasteiger partial charge in [0, 0.05) is 0 Å². The van der Waals surface area contributed by atoms with Crippen molar-refractivity contribution in [3.8, 4) is 0 Å². The normalized spacial score (nSPS) is 15.2. The molecule has 1 rings (SSSR count). The molecule has 0 saturated carbocycles. The number of allylic oxidation sites excluding steroid dienone is 1. The lowest BCUT2D eigenvalue weighted by molar-refractivity contribution is -0.428. The van der Waals surface area contributed by atoms with Crippen LogP contribution in [0.15, 0.2) is 16.9 Å². The van der Waals surface area contributed by atoms with Gasteiger partial charge < -0.3 is 11.5 Å². The maximum atomic E-state index is 5.10. The summed E-state index contributed by atoms with van der Waals surface area (Å²) in [5.41, 5.74) is 11.0. The summed E-state index contributed by atoms with van der Waals surface area (Å²) in [6, 6.07) is 0. The van der Waals surface area contributed by atoms with Crippen LogP contribution in [-0.4, -0.2) is 23.8 Å². The molecule has 0 aromatic heterocycles. The van der Waals surface area contributed by atoms with E-state index in [4.69, 9.17) is 11.5 Å². The summed E-state index contributed by atoms with van der Waals surface area (Å²) in [6.07, 6.45) is 3.67. The van der Waals surface area contributed by atoms with Gasteiger partial charge in [-0.3, -0.25) is 0 Å². The van der Waals surface area contributed by atoms with Gasteiger partial charge in [0.2, 0.25) is 12.4 Å². The van der Waals surface area contributed by atoms with E-state index in [1.807, 2.05) is 24.0 Å². The summed E-state index contributed by atoms with van der Waals surface area (Å²) < 4.78 is 1.88. The van der Waals surface area contributed by atoms with Crippen LogP contribution in [0.2, 0.25) is 0 Å². The Morgan fingerprint density at radius 2 is 2.22 bits per heavy atom. The van der Waals surface area contributed by atoms with Crippen LogP contribution in [0.5, 0.6) is 0 Å². The van der Waals surface area contributed by atoms with Crippen LogP contribution in [-0.2, 0) is 0 Å². The molecule has 0 spiro atoms. The molecule has 0 amide bonds. The zero-order valence-corrected chi connectivity index (χ0v) is 5.20. The van der Waals surface area contributed by atoms with Crippen molar-refractivity contribution in [3.63, 3.8) is 0 Å². The highest BCUT2D eigenvalue weighted by molar-refractivity contribution is 5.85. The molecule has 9 heavy (non-hydrogen) atoms. The van der Waals surface area contributed by atoms with Crippen molar-refractivity contribution >= 4 is 12.2 Å². The summed E-state index contributed by atoms with van der Waals surface area (Å²) in [4.78, 5) is 3.77. The molecule has 48 valence electrons. The van der Waals surface area contributed by atoms with E-state index in [9.17, 15) is 0 Å². The molecule has 0 aromatic carbocycles. The SMILES string of the molecule is C[N+]1=CC(N=C(N)N)=C1. The molecule has 0 aliphatic carbocycles. The van der Waals surface area contributed by atoms with Crippen molar-refractivity contribution in [2.45, 2.75) is 0 Å². The van der Waals surface area contributed by atoms with E-state index < -0.39 is 0 Å². The molecular formula is C5H9N4+. The Labute approximate surface area is 53.2 Å². The minimum absolute atomic E-state index is 0.102. The lowest BCUT2D eigenvalue weighted by atomic mass is 10.4. The second-order valence-corrected chi connectivity index (χ2v) is 1.89. The summed E-state index contributed by atoms with van der Waals surface area (Å²) in [5.74, 6) is 0.102. The Bertz CT molecular complexity index is 207. The fourth-order valence-electron chi connectivity index (χ4n) is 0.613. The average Bonchev–Trinajstić information content (AvgIpc) is 1.60. The average molecular weight is 125 g/mol. The number of hydrogen-bond donors (Lipinski definition) is 2. The predicted molar refractivity (Wildman–Crippen MR) is 36.1 cm³/mol. The maximum Gasteiger partial charge on any atom is 0.200 e. The van der Waals surface area contributed by atoms with Crippen LogP contribution in [0.25, 0.3) is 0 Å². The summed E-state index contributed by atoms with van der Waals surface area (Å²) in [5, 5.41) is 0. The zero-order valence-electron chi connectivity index (χ0n) is 5.20. The Hall–Kier alpha value is -1.32. The van der Waals surface area contributed by atoms with Crippen LogP contribution < -0.4 is 11.5 Å². The van der Waals surface area contributed by atoms with Gasteiger partial charge in [0.05, 0.1) is 0 Å². The van der Waals surface area contributed by atoms with Gasteiger partial charge in [-0.25, -0.2) is 9.57 Å². The summed E-state index contributed by atoms with van der Waals surface area (Å²) in [7, 11) is 1.91. The Morgan fingerprint density at radius 3 is 2.56 bits per heavy atom. The smallest absolute Gasteiger partial charge is 0.200 e. The summed E-state index contributed by atoms with van der Waals surface area (Å²) in [6.45, 7) is 0. The van der Waals surface area contributed by atoms with Gasteiger partial charge in [0.25, 0.3) is 0 Å². The number of hydrogen-bond acceptors (Lipinski definition) is 1. The predicted octanol–water partition coefficient (Wildman–Crippen LogP) is -1.17. The minimum atomic E-state index is 0.102. The first-order valence-corrected chi connectivity index (χ1v) is 2.57. The fraction of sp³-hybridized carbons (Fsp3) is 0.200. The van der Waals surface area contributed by atoms with E-state index in [2.05, 4.69) is 4.99 Å². The topological polar surface area (TPSA) is 67.4 Å². The van der Waals surface area contributed by atoms with Crippen molar-refractivity contribution in [2.75, 3.05) is 7.05 Å². The van der Waals surface area contributed by atoms with Gasteiger partial charge in [-0.15, -0.1) is 0 Å². The first kappa shape index (κ1) is 5.81. The lowest BCUT2D eigenvalue weighted by Crippen LogP contribution is -2.24. The first-order chi connectivity index (χ1) is 4.18. The maximum absolute atomic E-state index is 5.10. The molecule has 1 aliphatic rings. The largest absolute Gasteiger partial charge is 0.370 e. The van der Waals surface area contributed by atoms with Crippen molar-refractivity contribution in [1.82, 2.24) is 0 Å². The van der Waals surface area contributed by atoms with Crippen LogP contribution in [0.3, 0.4) is 0 Å². The molecule has 0 radical (unpaired) electrons. The van der Waals surface area contributed by atoms with E-state index >= 15 is 0 Å². The molecule has 0 atom stereocenters. The third-order valence-electron chi connectivity index (χ3n) is 0.930. The summed E-state index contributed by atoms with van der Waals surface area (Å²) >= 11 is 0. The van der Waals surface area contributed by atoms with E-state index in [1.54, 1.807) is 0 Å². The van der Waals surface area contributed by atoms with Gasteiger partial charge in [-0.1, -0.05) is 0 Å². The molecule has 4 heteroatoms. The zero-order chi connectivity index (χ0) is 6.85. The number of aliphatic imine (C=N–C) groups is 1. The molecule has 1 heterocycles. The lowest BCUT2D eigenvalue weighted by Gasteiger charge is -1.98. The fourth-order valence-corrected chi connectivity index (χ4v) is 0.613. The van der Waals surface area contributed by atoms with E-state index in [0.29, 0.717) is 0 Å². The molecule has 4 N–H and O–H groups in total. The molecule has 0 bridgehead atoms. The Morgan fingerprint density at radius 1 is 1.67 bits per heavy atom. The number of rotatable bonds is 1. The van der Waals surface area contributed by atoms with E-state index in [-0.39, 0.29) is 5.96 Å². The molecule has 4 nitrogen and oxygen atoms in total. The first-order valence-electron chi connectivity index (χ1n) is 2.57. The molecular weight excluding hydrogens is 116 g/mol. The van der Waals surface area contributed by atoms with Crippen LogP contribution in [0, 0.1) is 0 Å². The van der Waals surface area contributed by atoms with E-state index in [0.717, 1.165) is 5.70 Å². The highest BCUT2D eigenvalue weighted by Gasteiger charge is 2.10. The van der Waals surface area contributed by atoms with Crippen molar-refractivity contribution < 1.29 is 4.58 Å². The molecule has 1 aliphatic heterocycles.